The average Bonchev–Trinajstić information content (AvgIpc) is 3.17. The van der Waals surface area contributed by atoms with Crippen molar-refractivity contribution in [3.8, 4) is 0 Å². The highest BCUT2D eigenvalue weighted by Gasteiger charge is 2.19. The first-order chi connectivity index (χ1) is 12.5. The van der Waals surface area contributed by atoms with Crippen LogP contribution in [0.1, 0.15) is 34.3 Å². The Morgan fingerprint density at radius 3 is 2.54 bits per heavy atom. The summed E-state index contributed by atoms with van der Waals surface area (Å²) in [6, 6.07) is 13.4. The zero-order valence-corrected chi connectivity index (χ0v) is 16.1. The molecule has 1 saturated heterocycles. The van der Waals surface area contributed by atoms with Gasteiger partial charge in [-0.3, -0.25) is 9.59 Å². The van der Waals surface area contributed by atoms with Gasteiger partial charge in [0, 0.05) is 23.7 Å². The van der Waals surface area contributed by atoms with E-state index >= 15 is 0 Å². The predicted molar refractivity (Wildman–Crippen MR) is 107 cm³/mol. The van der Waals surface area contributed by atoms with E-state index < -0.39 is 0 Å². The van der Waals surface area contributed by atoms with Gasteiger partial charge in [-0.15, -0.1) is 11.8 Å². The van der Waals surface area contributed by atoms with Crippen LogP contribution in [0.4, 0.5) is 5.69 Å². The zero-order chi connectivity index (χ0) is 18.5. The lowest BCUT2D eigenvalue weighted by Crippen LogP contribution is -2.29. The Balaban J connectivity index is 1.69. The summed E-state index contributed by atoms with van der Waals surface area (Å²) >= 11 is 1.44. The first-order valence-electron chi connectivity index (χ1n) is 8.93. The standard InChI is InChI=1S/C21H24N2O2S/c1-15-9-10-18(16(2)13-15)22-21(25)17-7-3-4-8-19(17)26-14-20(24)23-11-5-6-12-23/h3-4,7-10,13H,5-6,11-12,14H2,1-2H3,(H,22,25). The summed E-state index contributed by atoms with van der Waals surface area (Å²) in [6.07, 6.45) is 2.18. The van der Waals surface area contributed by atoms with Gasteiger partial charge in [0.1, 0.15) is 0 Å². The molecule has 1 aliphatic heterocycles. The number of benzene rings is 2. The zero-order valence-electron chi connectivity index (χ0n) is 15.2. The van der Waals surface area contributed by atoms with E-state index in [9.17, 15) is 9.59 Å². The summed E-state index contributed by atoms with van der Waals surface area (Å²) in [5.74, 6) is 0.374. The van der Waals surface area contributed by atoms with Crippen LogP contribution in [0.2, 0.25) is 0 Å². The fraction of sp³-hybridized carbons (Fsp3) is 0.333. The molecule has 1 heterocycles. The molecule has 1 aliphatic rings. The molecule has 0 aromatic heterocycles. The van der Waals surface area contributed by atoms with Gasteiger partial charge >= 0.3 is 0 Å². The lowest BCUT2D eigenvalue weighted by Gasteiger charge is -2.16. The first-order valence-corrected chi connectivity index (χ1v) is 9.91. The number of hydrogen-bond acceptors (Lipinski definition) is 3. The predicted octanol–water partition coefficient (Wildman–Crippen LogP) is 4.27. The number of likely N-dealkylation sites (tertiary alicyclic amines) is 1. The molecule has 0 spiro atoms. The van der Waals surface area contributed by atoms with Gasteiger partial charge in [-0.1, -0.05) is 29.8 Å². The summed E-state index contributed by atoms with van der Waals surface area (Å²) in [5, 5.41) is 2.99. The molecule has 0 unspecified atom stereocenters. The van der Waals surface area contributed by atoms with Crippen molar-refractivity contribution in [1.29, 1.82) is 0 Å². The Hall–Kier alpha value is -2.27. The molecule has 1 fully saturated rings. The van der Waals surface area contributed by atoms with Crippen LogP contribution in [0.5, 0.6) is 0 Å². The monoisotopic (exact) mass is 368 g/mol. The van der Waals surface area contributed by atoms with Gasteiger partial charge in [0.15, 0.2) is 0 Å². The van der Waals surface area contributed by atoms with Gasteiger partial charge in [-0.2, -0.15) is 0 Å². The van der Waals surface area contributed by atoms with E-state index in [-0.39, 0.29) is 11.8 Å². The van der Waals surface area contributed by atoms with Crippen LogP contribution in [0, 0.1) is 13.8 Å². The Labute approximate surface area is 159 Å². The number of carbonyl (C=O) groups is 2. The second kappa shape index (κ2) is 8.41. The van der Waals surface area contributed by atoms with Crippen LogP contribution in [-0.4, -0.2) is 35.6 Å². The SMILES string of the molecule is Cc1ccc(NC(=O)c2ccccc2SCC(=O)N2CCCC2)c(C)c1. The van der Waals surface area contributed by atoms with Gasteiger partial charge in [-0.05, 0) is 50.5 Å². The maximum atomic E-state index is 12.8. The van der Waals surface area contributed by atoms with Crippen LogP contribution in [0.25, 0.3) is 0 Å². The van der Waals surface area contributed by atoms with Crippen molar-refractivity contribution in [3.63, 3.8) is 0 Å². The minimum atomic E-state index is -0.145. The summed E-state index contributed by atoms with van der Waals surface area (Å²) in [4.78, 5) is 27.8. The van der Waals surface area contributed by atoms with Crippen LogP contribution in [-0.2, 0) is 4.79 Å². The Bertz CT molecular complexity index is 813. The highest BCUT2D eigenvalue weighted by atomic mass is 32.2. The number of rotatable bonds is 5. The number of thioether (sulfide) groups is 1. The maximum absolute atomic E-state index is 12.8. The van der Waals surface area contributed by atoms with E-state index in [1.807, 2.05) is 61.2 Å². The summed E-state index contributed by atoms with van der Waals surface area (Å²) in [6.45, 7) is 5.72. The minimum absolute atomic E-state index is 0.145. The molecule has 2 aromatic carbocycles. The highest BCUT2D eigenvalue weighted by molar-refractivity contribution is 8.00. The van der Waals surface area contributed by atoms with E-state index in [0.717, 1.165) is 47.6 Å². The fourth-order valence-electron chi connectivity index (χ4n) is 3.12. The third-order valence-electron chi connectivity index (χ3n) is 4.57. The van der Waals surface area contributed by atoms with Crippen LogP contribution in [0.3, 0.4) is 0 Å². The normalized spacial score (nSPS) is 13.7. The Morgan fingerprint density at radius 1 is 1.08 bits per heavy atom. The molecule has 0 bridgehead atoms. The first kappa shape index (κ1) is 18.5. The third-order valence-corrected chi connectivity index (χ3v) is 5.63. The Morgan fingerprint density at radius 2 is 1.81 bits per heavy atom. The van der Waals surface area contributed by atoms with Gasteiger partial charge in [0.2, 0.25) is 5.91 Å². The van der Waals surface area contributed by atoms with E-state index in [4.69, 9.17) is 0 Å². The highest BCUT2D eigenvalue weighted by Crippen LogP contribution is 2.25. The average molecular weight is 369 g/mol. The minimum Gasteiger partial charge on any atom is -0.342 e. The van der Waals surface area contributed by atoms with Crippen molar-refractivity contribution in [1.82, 2.24) is 4.90 Å². The number of amides is 2. The van der Waals surface area contributed by atoms with E-state index in [2.05, 4.69) is 5.32 Å². The number of nitrogens with zero attached hydrogens (tertiary/aromatic N) is 1. The maximum Gasteiger partial charge on any atom is 0.256 e. The van der Waals surface area contributed by atoms with E-state index in [1.54, 1.807) is 0 Å². The molecular formula is C21H24N2O2S. The quantitative estimate of drug-likeness (QED) is 0.802. The molecule has 4 nitrogen and oxygen atoms in total. The number of anilines is 1. The van der Waals surface area contributed by atoms with Crippen LogP contribution < -0.4 is 5.32 Å². The summed E-state index contributed by atoms with van der Waals surface area (Å²) in [7, 11) is 0. The molecule has 26 heavy (non-hydrogen) atoms. The molecular weight excluding hydrogens is 344 g/mol. The lowest BCUT2D eigenvalue weighted by molar-refractivity contribution is -0.127. The summed E-state index contributed by atoms with van der Waals surface area (Å²) < 4.78 is 0. The number of carbonyl (C=O) groups excluding carboxylic acids is 2. The molecule has 136 valence electrons. The fourth-order valence-corrected chi connectivity index (χ4v) is 4.07. The second-order valence-corrected chi connectivity index (χ2v) is 7.66. The molecule has 0 aliphatic carbocycles. The van der Waals surface area contributed by atoms with Gasteiger partial charge < -0.3 is 10.2 Å². The molecule has 0 saturated carbocycles. The van der Waals surface area contributed by atoms with Crippen molar-refractivity contribution < 1.29 is 9.59 Å². The van der Waals surface area contributed by atoms with Crippen molar-refractivity contribution >= 4 is 29.3 Å². The topological polar surface area (TPSA) is 49.4 Å². The van der Waals surface area contributed by atoms with Crippen LogP contribution >= 0.6 is 11.8 Å². The molecule has 0 radical (unpaired) electrons. The number of nitrogens with one attached hydrogen (secondary N) is 1. The largest absolute Gasteiger partial charge is 0.342 e. The third kappa shape index (κ3) is 4.47. The second-order valence-electron chi connectivity index (χ2n) is 6.65. The van der Waals surface area contributed by atoms with Gasteiger partial charge in [-0.25, -0.2) is 0 Å². The molecule has 3 rings (SSSR count). The summed E-state index contributed by atoms with van der Waals surface area (Å²) in [5.41, 5.74) is 3.62. The van der Waals surface area contributed by atoms with Gasteiger partial charge in [0.25, 0.3) is 5.91 Å². The van der Waals surface area contributed by atoms with Crippen molar-refractivity contribution in [2.45, 2.75) is 31.6 Å². The van der Waals surface area contributed by atoms with Crippen molar-refractivity contribution in [2.24, 2.45) is 0 Å². The molecule has 0 atom stereocenters. The van der Waals surface area contributed by atoms with E-state index in [0.29, 0.717) is 11.3 Å². The Kier molecular flexibility index (Phi) is 5.99. The molecule has 5 heteroatoms. The number of aryl methyl sites for hydroxylation is 2. The van der Waals surface area contributed by atoms with Gasteiger partial charge in [0.05, 0.1) is 11.3 Å². The smallest absolute Gasteiger partial charge is 0.256 e. The number of hydrogen-bond donors (Lipinski definition) is 1. The molecule has 2 aromatic rings. The van der Waals surface area contributed by atoms with Crippen LogP contribution in [0.15, 0.2) is 47.4 Å². The van der Waals surface area contributed by atoms with Crippen molar-refractivity contribution in [3.05, 3.63) is 59.2 Å². The molecule has 1 N–H and O–H groups in total. The van der Waals surface area contributed by atoms with E-state index in [1.165, 1.54) is 11.8 Å². The molecule has 2 amide bonds. The van der Waals surface area contributed by atoms with Crippen molar-refractivity contribution in [2.75, 3.05) is 24.2 Å². The lowest BCUT2D eigenvalue weighted by atomic mass is 10.1.